The van der Waals surface area contributed by atoms with Crippen molar-refractivity contribution in [2.45, 2.75) is 18.8 Å². The summed E-state index contributed by atoms with van der Waals surface area (Å²) in [5.41, 5.74) is 2.74. The molecule has 96 valence electrons. The molecule has 1 aromatic heterocycles. The van der Waals surface area contributed by atoms with Crippen molar-refractivity contribution in [1.82, 2.24) is 0 Å². The van der Waals surface area contributed by atoms with E-state index in [1.807, 2.05) is 42.6 Å². The highest BCUT2D eigenvalue weighted by molar-refractivity contribution is 7.07. The van der Waals surface area contributed by atoms with Gasteiger partial charge in [-0.1, -0.05) is 29.8 Å². The fraction of sp³-hybridized carbons (Fsp3) is 0.333. The molecule has 2 rings (SSSR count). The minimum atomic E-state index is -0.589. The van der Waals surface area contributed by atoms with Crippen LogP contribution < -0.4 is 0 Å². The minimum absolute atomic E-state index is 0.0532. The Morgan fingerprint density at radius 3 is 2.22 bits per heavy atom. The molecule has 0 aliphatic rings. The Morgan fingerprint density at radius 1 is 1.06 bits per heavy atom. The van der Waals surface area contributed by atoms with E-state index in [0.717, 1.165) is 11.1 Å². The Kier molecular flexibility index (Phi) is 4.17. The molecule has 0 fully saturated rings. The number of rotatable bonds is 5. The quantitative estimate of drug-likeness (QED) is 0.869. The molecular formula is C15H18O2S. The number of benzene rings is 1. The second-order valence-electron chi connectivity index (χ2n) is 4.77. The molecule has 1 aromatic carbocycles. The Hall–Kier alpha value is -1.16. The van der Waals surface area contributed by atoms with Crippen molar-refractivity contribution in [3.05, 3.63) is 57.8 Å². The van der Waals surface area contributed by atoms with Crippen LogP contribution in [0.4, 0.5) is 0 Å². The molecule has 0 aliphatic heterocycles. The van der Waals surface area contributed by atoms with E-state index in [1.54, 1.807) is 11.3 Å². The molecule has 2 N–H and O–H groups in total. The minimum Gasteiger partial charge on any atom is -0.395 e. The van der Waals surface area contributed by atoms with E-state index in [9.17, 15) is 10.2 Å². The molecule has 3 heteroatoms. The Labute approximate surface area is 112 Å². The summed E-state index contributed by atoms with van der Waals surface area (Å²) < 4.78 is 0. The molecule has 0 bridgehead atoms. The van der Waals surface area contributed by atoms with Crippen LogP contribution in [0.15, 0.2) is 41.1 Å². The van der Waals surface area contributed by atoms with E-state index >= 15 is 0 Å². The second-order valence-corrected chi connectivity index (χ2v) is 5.55. The van der Waals surface area contributed by atoms with Gasteiger partial charge in [0.25, 0.3) is 0 Å². The highest BCUT2D eigenvalue weighted by atomic mass is 32.1. The molecule has 0 atom stereocenters. The maximum atomic E-state index is 9.74. The molecule has 0 saturated heterocycles. The lowest BCUT2D eigenvalue weighted by Crippen LogP contribution is -2.37. The van der Waals surface area contributed by atoms with Gasteiger partial charge in [-0.3, -0.25) is 0 Å². The molecule has 2 nitrogen and oxygen atoms in total. The van der Waals surface area contributed by atoms with Crippen LogP contribution in [0.2, 0.25) is 0 Å². The molecule has 0 radical (unpaired) electrons. The first-order valence-electron chi connectivity index (χ1n) is 6.00. The molecule has 18 heavy (non-hydrogen) atoms. The van der Waals surface area contributed by atoms with Crippen molar-refractivity contribution in [2.75, 3.05) is 13.2 Å². The van der Waals surface area contributed by atoms with Crippen LogP contribution in [0.1, 0.15) is 16.7 Å². The normalized spacial score (nSPS) is 11.7. The summed E-state index contributed by atoms with van der Waals surface area (Å²) in [7, 11) is 0. The van der Waals surface area contributed by atoms with E-state index in [4.69, 9.17) is 0 Å². The molecule has 0 unspecified atom stereocenters. The van der Waals surface area contributed by atoms with Crippen molar-refractivity contribution >= 4 is 11.3 Å². The number of aliphatic hydroxyl groups excluding tert-OH is 2. The average Bonchev–Trinajstić information content (AvgIpc) is 2.90. The van der Waals surface area contributed by atoms with Crippen LogP contribution in [0.25, 0.3) is 0 Å². The summed E-state index contributed by atoms with van der Waals surface area (Å²) in [6, 6.07) is 10.1. The van der Waals surface area contributed by atoms with Crippen molar-refractivity contribution in [2.24, 2.45) is 0 Å². The second kappa shape index (κ2) is 5.65. The number of aliphatic hydroxyl groups is 2. The van der Waals surface area contributed by atoms with Crippen molar-refractivity contribution in [1.29, 1.82) is 0 Å². The van der Waals surface area contributed by atoms with Gasteiger partial charge in [0.05, 0.1) is 13.2 Å². The molecule has 2 aromatic rings. The Balaban J connectivity index is 2.33. The third kappa shape index (κ3) is 2.64. The molecule has 0 saturated carbocycles. The highest BCUT2D eigenvalue weighted by Gasteiger charge is 2.31. The van der Waals surface area contributed by atoms with Crippen LogP contribution in [0, 0.1) is 6.92 Å². The zero-order valence-corrected chi connectivity index (χ0v) is 11.3. The largest absolute Gasteiger partial charge is 0.395 e. The Morgan fingerprint density at radius 2 is 1.72 bits per heavy atom. The number of hydrogen-bond acceptors (Lipinski definition) is 3. The van der Waals surface area contributed by atoms with Gasteiger partial charge in [-0.15, -0.1) is 0 Å². The Bertz CT molecular complexity index is 470. The first-order valence-corrected chi connectivity index (χ1v) is 6.94. The SMILES string of the molecule is Cc1ccc(C(CO)(CO)Cc2ccsc2)cc1. The van der Waals surface area contributed by atoms with E-state index in [2.05, 4.69) is 5.38 Å². The highest BCUT2D eigenvalue weighted by Crippen LogP contribution is 2.29. The first kappa shape index (κ1) is 13.3. The van der Waals surface area contributed by atoms with Crippen LogP contribution in [-0.2, 0) is 11.8 Å². The predicted octanol–water partition coefficient (Wildman–Crippen LogP) is 2.52. The number of hydrogen-bond donors (Lipinski definition) is 2. The van der Waals surface area contributed by atoms with Crippen LogP contribution in [0.5, 0.6) is 0 Å². The van der Waals surface area contributed by atoms with Gasteiger partial charge < -0.3 is 10.2 Å². The summed E-state index contributed by atoms with van der Waals surface area (Å²) in [6.07, 6.45) is 0.659. The van der Waals surface area contributed by atoms with E-state index in [-0.39, 0.29) is 13.2 Å². The monoisotopic (exact) mass is 262 g/mol. The first-order chi connectivity index (χ1) is 8.70. The third-order valence-electron chi connectivity index (χ3n) is 3.39. The van der Waals surface area contributed by atoms with E-state index < -0.39 is 5.41 Å². The van der Waals surface area contributed by atoms with Gasteiger partial charge >= 0.3 is 0 Å². The summed E-state index contributed by atoms with van der Waals surface area (Å²) in [4.78, 5) is 0. The molecule has 1 heterocycles. The predicted molar refractivity (Wildman–Crippen MR) is 75.1 cm³/mol. The lowest BCUT2D eigenvalue weighted by molar-refractivity contribution is 0.116. The maximum absolute atomic E-state index is 9.74. The van der Waals surface area contributed by atoms with Crippen LogP contribution >= 0.6 is 11.3 Å². The lowest BCUT2D eigenvalue weighted by Gasteiger charge is -2.30. The molecular weight excluding hydrogens is 244 g/mol. The smallest absolute Gasteiger partial charge is 0.0553 e. The summed E-state index contributed by atoms with van der Waals surface area (Å²) in [5.74, 6) is 0. The van der Waals surface area contributed by atoms with Gasteiger partial charge in [0, 0.05) is 5.41 Å². The van der Waals surface area contributed by atoms with E-state index in [0.29, 0.717) is 6.42 Å². The average molecular weight is 262 g/mol. The maximum Gasteiger partial charge on any atom is 0.0553 e. The van der Waals surface area contributed by atoms with E-state index in [1.165, 1.54) is 5.56 Å². The fourth-order valence-electron chi connectivity index (χ4n) is 2.14. The van der Waals surface area contributed by atoms with Crippen molar-refractivity contribution in [3.8, 4) is 0 Å². The van der Waals surface area contributed by atoms with Gasteiger partial charge in [-0.05, 0) is 41.3 Å². The standard InChI is InChI=1S/C15H18O2S/c1-12-2-4-14(5-3-12)15(10-16,11-17)8-13-6-7-18-9-13/h2-7,9,16-17H,8,10-11H2,1H3. The van der Waals surface area contributed by atoms with Gasteiger partial charge in [0.2, 0.25) is 0 Å². The van der Waals surface area contributed by atoms with Gasteiger partial charge in [-0.2, -0.15) is 11.3 Å². The van der Waals surface area contributed by atoms with Gasteiger partial charge in [0.1, 0.15) is 0 Å². The van der Waals surface area contributed by atoms with Crippen molar-refractivity contribution < 1.29 is 10.2 Å². The number of aryl methyl sites for hydroxylation is 1. The lowest BCUT2D eigenvalue weighted by atomic mass is 9.77. The third-order valence-corrected chi connectivity index (χ3v) is 4.12. The number of thiophene rings is 1. The molecule has 0 amide bonds. The van der Waals surface area contributed by atoms with Crippen LogP contribution in [-0.4, -0.2) is 23.4 Å². The van der Waals surface area contributed by atoms with Gasteiger partial charge in [-0.25, -0.2) is 0 Å². The zero-order chi connectivity index (χ0) is 13.0. The van der Waals surface area contributed by atoms with Crippen LogP contribution in [0.3, 0.4) is 0 Å². The topological polar surface area (TPSA) is 40.5 Å². The molecule has 0 aliphatic carbocycles. The molecule has 0 spiro atoms. The fourth-order valence-corrected chi connectivity index (χ4v) is 2.81. The summed E-state index contributed by atoms with van der Waals surface area (Å²) >= 11 is 1.64. The van der Waals surface area contributed by atoms with Crippen molar-refractivity contribution in [3.63, 3.8) is 0 Å². The summed E-state index contributed by atoms with van der Waals surface area (Å²) in [5, 5.41) is 23.6. The zero-order valence-electron chi connectivity index (χ0n) is 10.5. The summed E-state index contributed by atoms with van der Waals surface area (Å²) in [6.45, 7) is 1.92. The van der Waals surface area contributed by atoms with Gasteiger partial charge in [0.15, 0.2) is 0 Å².